The molecule has 0 spiro atoms. The summed E-state index contributed by atoms with van der Waals surface area (Å²) in [5.74, 6) is -9.32. The molecule has 93 heavy (non-hydrogen) atoms. The average Bonchev–Trinajstić information content (AvgIpc) is 0.876. The summed E-state index contributed by atoms with van der Waals surface area (Å²) in [5.41, 5.74) is 1.26. The maximum absolute atomic E-state index is 15.1. The minimum atomic E-state index is -1.68. The highest BCUT2D eigenvalue weighted by Crippen LogP contribution is 2.23. The number of benzene rings is 2. The van der Waals surface area contributed by atoms with E-state index in [2.05, 4.69) is 26.6 Å². The lowest BCUT2D eigenvalue weighted by Crippen LogP contribution is -2.61. The van der Waals surface area contributed by atoms with Crippen molar-refractivity contribution in [3.8, 4) is 0 Å². The largest absolute Gasteiger partial charge is 0.391 e. The topological polar surface area (TPSA) is 308 Å². The van der Waals surface area contributed by atoms with E-state index in [0.717, 1.165) is 21.1 Å². The number of aliphatic hydroxyl groups is 1. The number of hydrogen-bond acceptors (Lipinski definition) is 13. The normalized spacial score (nSPS) is 25.2. The molecule has 2 aromatic rings. The molecule has 2 heterocycles. The molecule has 0 bridgehead atoms. The Morgan fingerprint density at radius 3 is 1.54 bits per heavy atom. The van der Waals surface area contributed by atoms with Crippen molar-refractivity contribution < 1.29 is 62.6 Å². The van der Waals surface area contributed by atoms with Crippen LogP contribution in [-0.2, 0) is 70.4 Å². The predicted molar refractivity (Wildman–Crippen MR) is 352 cm³/mol. The lowest BCUT2D eigenvalue weighted by molar-refractivity contribution is -0.151. The fraction of sp³-hybridized carbons (Fsp3) is 0.647. The van der Waals surface area contributed by atoms with Crippen LogP contribution in [0.2, 0.25) is 0 Å². The summed E-state index contributed by atoms with van der Waals surface area (Å²) in [7, 11) is 8.34. The van der Waals surface area contributed by atoms with Crippen LogP contribution in [0.1, 0.15) is 132 Å². The van der Waals surface area contributed by atoms with Crippen molar-refractivity contribution in [3.63, 3.8) is 0 Å². The van der Waals surface area contributed by atoms with Crippen molar-refractivity contribution in [2.45, 2.75) is 194 Å². The third-order valence-corrected chi connectivity index (χ3v) is 17.3. The van der Waals surface area contributed by atoms with E-state index in [0.29, 0.717) is 37.1 Å². The summed E-state index contributed by atoms with van der Waals surface area (Å²) in [5, 5.41) is 24.9. The quantitative estimate of drug-likeness (QED) is 0.168. The van der Waals surface area contributed by atoms with Crippen LogP contribution >= 0.6 is 0 Å². The van der Waals surface area contributed by atoms with E-state index in [1.54, 1.807) is 79.4 Å². The summed E-state index contributed by atoms with van der Waals surface area (Å²) in [6.07, 6.45) is 0.177. The zero-order valence-corrected chi connectivity index (χ0v) is 57.7. The average molecular weight is 1300 g/mol. The highest BCUT2D eigenvalue weighted by atomic mass is 16.3. The molecule has 0 radical (unpaired) electrons. The van der Waals surface area contributed by atoms with E-state index in [1.807, 2.05) is 41.5 Å². The van der Waals surface area contributed by atoms with Crippen LogP contribution in [0.5, 0.6) is 0 Å². The number of carbonyl (C=O) groups is 12. The van der Waals surface area contributed by atoms with Gasteiger partial charge in [-0.05, 0) is 87.2 Å². The van der Waals surface area contributed by atoms with Gasteiger partial charge >= 0.3 is 0 Å². The van der Waals surface area contributed by atoms with Gasteiger partial charge in [0.2, 0.25) is 70.9 Å². The van der Waals surface area contributed by atoms with E-state index in [4.69, 9.17) is 0 Å². The Hall–Kier alpha value is -7.96. The number of amides is 12. The number of likely N-dealkylation sites (N-methyl/N-ethyl adjacent to an activating group) is 6. The predicted octanol–water partition coefficient (Wildman–Crippen LogP) is 2.12. The molecular formula is C68H106N12O13. The molecule has 4 rings (SSSR count). The van der Waals surface area contributed by atoms with Crippen molar-refractivity contribution in [1.82, 2.24) is 60.9 Å². The van der Waals surface area contributed by atoms with Gasteiger partial charge in [0.1, 0.15) is 54.4 Å². The lowest BCUT2D eigenvalue weighted by Gasteiger charge is -2.38. The van der Waals surface area contributed by atoms with Gasteiger partial charge in [0.05, 0.1) is 19.1 Å². The molecule has 2 saturated heterocycles. The maximum atomic E-state index is 15.1. The first-order chi connectivity index (χ1) is 43.7. The summed E-state index contributed by atoms with van der Waals surface area (Å²) >= 11 is 0. The standard InChI is InChI=1S/C68H106N12O13/c1-41(2)34-49-64(89)78(15)53(36-43(5)6)67(92)79(16)59(44(7)8)62(87)70-45(9)63(88)76(13)52(37-47-26-20-17-21-27-47)61(86)73-58(46(10)81)68(93)74(11)40-57(84)75(12)54(38-48-28-22-18-23-29-48)66(91)77(14)51(35-42(3)4)60(85)72-50(65(90)80-32-24-19-25-33-80)39-56(83)69-31-30-55(82)71-49/h17-18,20-23,26-29,41-46,49-54,58-59,81H,19,24-25,30-40H2,1-16H3,(H,69,83)(H,70,87)(H,71,82)(H,72,85)(H,73,86)/t45-,46+,49-,50?,51-,52-,53-,54-,58-,59-/m0/s1. The minimum absolute atomic E-state index is 0.0442. The van der Waals surface area contributed by atoms with Gasteiger partial charge in [-0.2, -0.15) is 0 Å². The van der Waals surface area contributed by atoms with Crippen LogP contribution in [0.3, 0.4) is 0 Å². The molecule has 25 heteroatoms. The van der Waals surface area contributed by atoms with Crippen molar-refractivity contribution in [2.75, 3.05) is 68.5 Å². The number of aliphatic hydroxyl groups excluding tert-OH is 1. The second-order valence-electron chi connectivity index (χ2n) is 26.8. The monoisotopic (exact) mass is 1300 g/mol. The molecule has 516 valence electrons. The first-order valence-corrected chi connectivity index (χ1v) is 32.8. The Labute approximate surface area is 550 Å². The van der Waals surface area contributed by atoms with Crippen LogP contribution < -0.4 is 26.6 Å². The van der Waals surface area contributed by atoms with Crippen molar-refractivity contribution in [3.05, 3.63) is 71.8 Å². The SMILES string of the molecule is CC(C)C[C@@H]1NC(=O)CCNC(=O)CC(C(=O)N2CCCCC2)NC(=O)[C@H](CC(C)C)N(C)C(=O)[C@H](Cc2ccccc2)N(C)C(=O)CN(C)C(=O)[C@H]([C@@H](C)O)NC(=O)[C@H](Cc2ccccc2)N(C)C(=O)[C@H](C)NC(=O)[C@H](C(C)C)N(C)C(=O)[C@H](CC(C)C)N(C)C1=O. The zero-order valence-electron chi connectivity index (χ0n) is 57.7. The van der Waals surface area contributed by atoms with E-state index < -0.39 is 150 Å². The highest BCUT2D eigenvalue weighted by Gasteiger charge is 2.43. The Balaban J connectivity index is 1.85. The number of piperidine rings is 1. The Bertz CT molecular complexity index is 2890. The number of likely N-dealkylation sites (tertiary alicyclic amines) is 1. The number of nitrogens with zero attached hydrogens (tertiary/aromatic N) is 7. The van der Waals surface area contributed by atoms with Crippen molar-refractivity contribution in [2.24, 2.45) is 23.7 Å². The molecule has 2 aliphatic heterocycles. The van der Waals surface area contributed by atoms with Crippen LogP contribution in [0.15, 0.2) is 60.7 Å². The van der Waals surface area contributed by atoms with Gasteiger partial charge in [0.15, 0.2) is 0 Å². The zero-order chi connectivity index (χ0) is 69.7. The highest BCUT2D eigenvalue weighted by molar-refractivity contribution is 5.99. The number of carbonyl (C=O) groups excluding carboxylic acids is 12. The fourth-order valence-corrected chi connectivity index (χ4v) is 11.9. The molecule has 10 atom stereocenters. The van der Waals surface area contributed by atoms with E-state index >= 15 is 4.79 Å². The molecule has 2 fully saturated rings. The second-order valence-corrected chi connectivity index (χ2v) is 26.8. The van der Waals surface area contributed by atoms with Crippen LogP contribution in [0.4, 0.5) is 0 Å². The van der Waals surface area contributed by atoms with Gasteiger partial charge in [-0.1, -0.05) is 116 Å². The van der Waals surface area contributed by atoms with Crippen LogP contribution in [-0.4, -0.2) is 239 Å². The molecule has 2 aliphatic rings. The molecule has 0 saturated carbocycles. The second kappa shape index (κ2) is 36.5. The summed E-state index contributed by atoms with van der Waals surface area (Å²) in [6.45, 7) is 17.2. The van der Waals surface area contributed by atoms with Crippen molar-refractivity contribution in [1.29, 1.82) is 0 Å². The van der Waals surface area contributed by atoms with Gasteiger partial charge in [0, 0.05) is 81.2 Å². The molecule has 0 aromatic heterocycles. The summed E-state index contributed by atoms with van der Waals surface area (Å²) in [4.78, 5) is 183. The smallest absolute Gasteiger partial charge is 0.248 e. The van der Waals surface area contributed by atoms with E-state index in [-0.39, 0.29) is 62.8 Å². The van der Waals surface area contributed by atoms with Gasteiger partial charge in [0.25, 0.3) is 0 Å². The Morgan fingerprint density at radius 2 is 1.01 bits per heavy atom. The van der Waals surface area contributed by atoms with Crippen molar-refractivity contribution >= 4 is 70.9 Å². The molecule has 6 N–H and O–H groups in total. The molecule has 1 unspecified atom stereocenters. The first-order valence-electron chi connectivity index (χ1n) is 32.8. The third kappa shape index (κ3) is 22.6. The third-order valence-electron chi connectivity index (χ3n) is 17.3. The molecule has 25 nitrogen and oxygen atoms in total. The van der Waals surface area contributed by atoms with Gasteiger partial charge in [-0.25, -0.2) is 0 Å². The number of rotatable bonds is 13. The lowest BCUT2D eigenvalue weighted by atomic mass is 9.96. The minimum Gasteiger partial charge on any atom is -0.391 e. The Morgan fingerprint density at radius 1 is 0.516 bits per heavy atom. The van der Waals surface area contributed by atoms with Crippen LogP contribution in [0.25, 0.3) is 0 Å². The summed E-state index contributed by atoms with van der Waals surface area (Å²) in [6, 6.07) is 5.82. The molecule has 2 aromatic carbocycles. The van der Waals surface area contributed by atoms with E-state index in [9.17, 15) is 57.8 Å². The van der Waals surface area contributed by atoms with Gasteiger partial charge in [-0.15, -0.1) is 0 Å². The molecule has 0 aliphatic carbocycles. The van der Waals surface area contributed by atoms with Gasteiger partial charge < -0.3 is 66.0 Å². The number of hydrogen-bond donors (Lipinski definition) is 6. The molecule has 12 amide bonds. The maximum Gasteiger partial charge on any atom is 0.248 e. The van der Waals surface area contributed by atoms with Gasteiger partial charge in [-0.3, -0.25) is 57.5 Å². The summed E-state index contributed by atoms with van der Waals surface area (Å²) < 4.78 is 0. The first kappa shape index (κ1) is 77.5. The number of nitrogens with one attached hydrogen (secondary N) is 5. The Kier molecular flexibility index (Phi) is 30.4. The fourth-order valence-electron chi connectivity index (χ4n) is 11.9. The van der Waals surface area contributed by atoms with Crippen LogP contribution in [0, 0.1) is 23.7 Å². The molecular weight excluding hydrogens is 1190 g/mol. The van der Waals surface area contributed by atoms with E-state index in [1.165, 1.54) is 70.8 Å².